The van der Waals surface area contributed by atoms with Crippen LogP contribution in [0.5, 0.6) is 0 Å². The molecule has 0 atom stereocenters. The van der Waals surface area contributed by atoms with Crippen molar-refractivity contribution in [1.82, 2.24) is 15.0 Å². The highest BCUT2D eigenvalue weighted by Crippen LogP contribution is 2.27. The molecule has 6 nitrogen and oxygen atoms in total. The van der Waals surface area contributed by atoms with Crippen LogP contribution in [0.25, 0.3) is 33.9 Å². The molecule has 1 aliphatic rings. The van der Waals surface area contributed by atoms with Gasteiger partial charge in [-0.2, -0.15) is 0 Å². The van der Waals surface area contributed by atoms with E-state index in [0.29, 0.717) is 12.4 Å². The molecule has 0 aliphatic carbocycles. The summed E-state index contributed by atoms with van der Waals surface area (Å²) in [6, 6.07) is 34.4. The highest BCUT2D eigenvalue weighted by molar-refractivity contribution is 6.01. The molecule has 3 heterocycles. The monoisotopic (exact) mass is 467 g/mol. The van der Waals surface area contributed by atoms with E-state index in [2.05, 4.69) is 52.6 Å². The summed E-state index contributed by atoms with van der Waals surface area (Å²) in [6.45, 7) is 2.59. The number of hydrogen-bond donors (Lipinski definition) is 0. The van der Waals surface area contributed by atoms with Crippen LogP contribution in [0.3, 0.4) is 0 Å². The van der Waals surface area contributed by atoms with E-state index in [1.165, 1.54) is 0 Å². The molecule has 0 spiro atoms. The Morgan fingerprint density at radius 2 is 1.39 bits per heavy atom. The van der Waals surface area contributed by atoms with Gasteiger partial charge in [-0.15, -0.1) is 4.70 Å². The Bertz CT molecular complexity index is 1550. The van der Waals surface area contributed by atoms with Gasteiger partial charge in [0.05, 0.1) is 16.5 Å². The Morgan fingerprint density at radius 3 is 2.17 bits per heavy atom. The molecular formula is C30H23N6+. The van der Waals surface area contributed by atoms with Gasteiger partial charge in [-0.05, 0) is 36.8 Å². The van der Waals surface area contributed by atoms with Gasteiger partial charge in [-0.1, -0.05) is 78.9 Å². The average Bonchev–Trinajstić information content (AvgIpc) is 3.45. The topological polar surface area (TPSA) is 66.4 Å². The maximum Gasteiger partial charge on any atom is 0.249 e. The normalized spacial score (nSPS) is 12.8. The first-order chi connectivity index (χ1) is 17.7. The summed E-state index contributed by atoms with van der Waals surface area (Å²) in [4.78, 5) is 14.3. The van der Waals surface area contributed by atoms with Crippen molar-refractivity contribution in [3.63, 3.8) is 0 Å². The fourth-order valence-corrected chi connectivity index (χ4v) is 4.26. The van der Waals surface area contributed by atoms with Gasteiger partial charge >= 0.3 is 0 Å². The van der Waals surface area contributed by atoms with Crippen LogP contribution in [0.15, 0.2) is 120 Å². The van der Waals surface area contributed by atoms with Crippen LogP contribution in [0, 0.1) is 6.92 Å². The number of rotatable bonds is 5. The second-order valence-electron chi connectivity index (χ2n) is 8.61. The summed E-state index contributed by atoms with van der Waals surface area (Å²) < 4.78 is 1.89. The summed E-state index contributed by atoms with van der Waals surface area (Å²) >= 11 is 0. The fraction of sp³-hybridized carbons (Fsp3) is 0.0667. The molecule has 0 saturated heterocycles. The van der Waals surface area contributed by atoms with E-state index in [1.807, 2.05) is 83.7 Å². The summed E-state index contributed by atoms with van der Waals surface area (Å²) in [5.41, 5.74) is 8.52. The van der Waals surface area contributed by atoms with E-state index in [9.17, 15) is 0 Å². The lowest BCUT2D eigenvalue weighted by Gasteiger charge is -2.08. The van der Waals surface area contributed by atoms with Crippen molar-refractivity contribution < 1.29 is 4.70 Å². The lowest BCUT2D eigenvalue weighted by Crippen LogP contribution is -2.14. The Labute approximate surface area is 209 Å². The van der Waals surface area contributed by atoms with Crippen molar-refractivity contribution >= 4 is 11.4 Å². The molecule has 0 radical (unpaired) electrons. The predicted octanol–water partition coefficient (Wildman–Crippen LogP) is 6.70. The van der Waals surface area contributed by atoms with Crippen molar-refractivity contribution in [2.75, 3.05) is 6.54 Å². The zero-order chi connectivity index (χ0) is 24.3. The van der Waals surface area contributed by atoms with Crippen molar-refractivity contribution in [3.8, 4) is 33.9 Å². The minimum Gasteiger partial charge on any atom is -0.256 e. The molecule has 6 heteroatoms. The van der Waals surface area contributed by atoms with Crippen molar-refractivity contribution in [2.45, 2.75) is 6.92 Å². The first-order valence-electron chi connectivity index (χ1n) is 11.8. The lowest BCUT2D eigenvalue weighted by atomic mass is 10.1. The van der Waals surface area contributed by atoms with Crippen molar-refractivity contribution in [2.24, 2.45) is 10.3 Å². The maximum absolute atomic E-state index is 4.88. The Hall–Kier alpha value is -4.84. The number of pyridine rings is 1. The summed E-state index contributed by atoms with van der Waals surface area (Å²) in [5, 5.41) is 8.98. The predicted molar refractivity (Wildman–Crippen MR) is 141 cm³/mol. The molecule has 172 valence electrons. The lowest BCUT2D eigenvalue weighted by molar-refractivity contribution is -0.492. The fourth-order valence-electron chi connectivity index (χ4n) is 4.26. The molecule has 0 bridgehead atoms. The third kappa shape index (κ3) is 4.32. The van der Waals surface area contributed by atoms with Crippen molar-refractivity contribution in [3.05, 3.63) is 121 Å². The molecule has 36 heavy (non-hydrogen) atoms. The van der Waals surface area contributed by atoms with Crippen molar-refractivity contribution in [1.29, 1.82) is 0 Å². The van der Waals surface area contributed by atoms with Gasteiger partial charge in [-0.3, -0.25) is 4.98 Å². The van der Waals surface area contributed by atoms with Gasteiger partial charge in [0.15, 0.2) is 18.1 Å². The average molecular weight is 468 g/mol. The van der Waals surface area contributed by atoms with Crippen LogP contribution in [-0.2, 0) is 0 Å². The number of nitrogens with zero attached hydrogens (tertiary/aromatic N) is 6. The van der Waals surface area contributed by atoms with Gasteiger partial charge in [0.25, 0.3) is 0 Å². The standard InChI is InChI=1S/C30H23N6/c1-21-10-9-17-31-29(21)24-15-8-16-25(18-24)36-20-28(34-35-36)27-19-26(22-11-4-2-5-12-22)32-30(33-27)23-13-6-3-7-14-23/h2-19H,20H2,1H3/q+1. The van der Waals surface area contributed by atoms with Crippen LogP contribution in [0.1, 0.15) is 11.3 Å². The molecule has 6 rings (SSSR count). The Morgan fingerprint density at radius 1 is 0.667 bits per heavy atom. The third-order valence-electron chi connectivity index (χ3n) is 6.12. The summed E-state index contributed by atoms with van der Waals surface area (Å²) in [5.74, 6) is 0.667. The van der Waals surface area contributed by atoms with Crippen LogP contribution < -0.4 is 0 Å². The molecule has 1 aliphatic heterocycles. The molecule has 0 saturated carbocycles. The Kier molecular flexibility index (Phi) is 5.68. The number of aryl methyl sites for hydroxylation is 1. The number of aromatic nitrogens is 3. The quantitative estimate of drug-likeness (QED) is 0.270. The van der Waals surface area contributed by atoms with E-state index in [0.717, 1.165) is 50.7 Å². The van der Waals surface area contributed by atoms with E-state index in [4.69, 9.17) is 9.97 Å². The van der Waals surface area contributed by atoms with Crippen LogP contribution in [0.4, 0.5) is 5.69 Å². The molecule has 2 aromatic heterocycles. The molecule has 0 unspecified atom stereocenters. The minimum absolute atomic E-state index is 0.518. The smallest absolute Gasteiger partial charge is 0.249 e. The highest BCUT2D eigenvalue weighted by Gasteiger charge is 2.26. The van der Waals surface area contributed by atoms with Crippen LogP contribution in [0.2, 0.25) is 0 Å². The first kappa shape index (κ1) is 21.7. The number of hydrogen-bond acceptors (Lipinski definition) is 5. The zero-order valence-corrected chi connectivity index (χ0v) is 19.8. The molecule has 3 aromatic carbocycles. The van der Waals surface area contributed by atoms with Gasteiger partial charge in [0.1, 0.15) is 10.9 Å². The van der Waals surface area contributed by atoms with E-state index in [1.54, 1.807) is 0 Å². The van der Waals surface area contributed by atoms with Gasteiger partial charge in [-0.25, -0.2) is 9.97 Å². The first-order valence-corrected chi connectivity index (χ1v) is 11.8. The molecule has 0 fully saturated rings. The van der Waals surface area contributed by atoms with E-state index in [-0.39, 0.29) is 0 Å². The van der Waals surface area contributed by atoms with Gasteiger partial charge < -0.3 is 0 Å². The molecular weight excluding hydrogens is 444 g/mol. The van der Waals surface area contributed by atoms with E-state index < -0.39 is 0 Å². The molecule has 5 aromatic rings. The maximum atomic E-state index is 4.88. The Balaban J connectivity index is 1.34. The SMILES string of the molecule is Cc1cccnc1-c1cccc([N+]2=NN=C(c3cc(-c4ccccc4)nc(-c4ccccc4)n3)C2)c1. The van der Waals surface area contributed by atoms with E-state index >= 15 is 0 Å². The zero-order valence-electron chi connectivity index (χ0n) is 19.8. The highest BCUT2D eigenvalue weighted by atomic mass is 15.5. The summed E-state index contributed by atoms with van der Waals surface area (Å²) in [7, 11) is 0. The second kappa shape index (κ2) is 9.43. The summed E-state index contributed by atoms with van der Waals surface area (Å²) in [6.07, 6.45) is 1.82. The largest absolute Gasteiger partial charge is 0.256 e. The number of benzene rings is 3. The molecule has 0 N–H and O–H groups in total. The van der Waals surface area contributed by atoms with Gasteiger partial charge in [0, 0.05) is 22.9 Å². The third-order valence-corrected chi connectivity index (χ3v) is 6.12. The minimum atomic E-state index is 0.518. The second-order valence-corrected chi connectivity index (χ2v) is 8.61. The van der Waals surface area contributed by atoms with Crippen LogP contribution >= 0.6 is 0 Å². The molecule has 0 amide bonds. The van der Waals surface area contributed by atoms with Crippen LogP contribution in [-0.4, -0.2) is 31.9 Å². The van der Waals surface area contributed by atoms with Gasteiger partial charge in [0.2, 0.25) is 5.71 Å².